The van der Waals surface area contributed by atoms with Crippen LogP contribution in [0.2, 0.25) is 0 Å². The first-order chi connectivity index (χ1) is 12.0. The van der Waals surface area contributed by atoms with Gasteiger partial charge in [0.15, 0.2) is 11.6 Å². The molecule has 0 saturated heterocycles. The second-order valence-corrected chi connectivity index (χ2v) is 5.27. The Kier molecular flexibility index (Phi) is 4.62. The summed E-state index contributed by atoms with van der Waals surface area (Å²) < 4.78 is 37.4. The van der Waals surface area contributed by atoms with E-state index in [2.05, 4.69) is 5.10 Å². The van der Waals surface area contributed by atoms with E-state index in [1.165, 1.54) is 43.5 Å². The van der Waals surface area contributed by atoms with E-state index in [0.29, 0.717) is 5.56 Å². The van der Waals surface area contributed by atoms with E-state index in [1.54, 1.807) is 0 Å². The van der Waals surface area contributed by atoms with Crippen LogP contribution in [0.5, 0.6) is 5.75 Å². The molecule has 1 aromatic heterocycles. The van der Waals surface area contributed by atoms with Gasteiger partial charge in [0, 0.05) is 5.56 Å². The fourth-order valence-corrected chi connectivity index (χ4v) is 2.29. The highest BCUT2D eigenvalue weighted by atomic mass is 19.1. The minimum atomic E-state index is -1.18. The Labute approximate surface area is 140 Å². The number of halogens is 2. The molecule has 0 aliphatic heterocycles. The van der Waals surface area contributed by atoms with Crippen molar-refractivity contribution < 1.29 is 23.0 Å². The van der Waals surface area contributed by atoms with E-state index in [9.17, 15) is 18.7 Å². The lowest BCUT2D eigenvalue weighted by Crippen LogP contribution is -2.20. The van der Waals surface area contributed by atoms with Gasteiger partial charge in [-0.05, 0) is 42.0 Å². The van der Waals surface area contributed by atoms with E-state index < -0.39 is 23.5 Å². The first kappa shape index (κ1) is 16.8. The maximum absolute atomic E-state index is 13.7. The zero-order valence-corrected chi connectivity index (χ0v) is 13.1. The van der Waals surface area contributed by atoms with Crippen LogP contribution >= 0.6 is 0 Å². The van der Waals surface area contributed by atoms with Crippen molar-refractivity contribution in [3.05, 3.63) is 70.2 Å². The van der Waals surface area contributed by atoms with Crippen LogP contribution in [0.4, 0.5) is 8.78 Å². The summed E-state index contributed by atoms with van der Waals surface area (Å²) in [5.74, 6) is -1.79. The highest BCUT2D eigenvalue weighted by Crippen LogP contribution is 2.23. The third-order valence-corrected chi connectivity index (χ3v) is 3.60. The quantitative estimate of drug-likeness (QED) is 0.767. The molecule has 1 N–H and O–H groups in total. The predicted molar refractivity (Wildman–Crippen MR) is 84.1 cm³/mol. The van der Waals surface area contributed by atoms with Crippen LogP contribution in [0.15, 0.2) is 51.7 Å². The summed E-state index contributed by atoms with van der Waals surface area (Å²) in [7, 11) is 1.33. The minimum Gasteiger partial charge on any atom is -0.494 e. The number of hydrogen-bond donors (Lipinski definition) is 1. The summed E-state index contributed by atoms with van der Waals surface area (Å²) in [6.45, 7) is -0.227. The van der Waals surface area contributed by atoms with Gasteiger partial charge in [0.1, 0.15) is 5.82 Å². The standard InChI is InChI=1S/C17H14F2N2O4/c1-24-15-7-4-11(8-13(15)19)14(22)9-21-17(23)25-16(20-21)10-2-5-12(18)6-3-10/h2-8,14,22H,9H2,1H3. The number of ether oxygens (including phenoxy) is 1. The van der Waals surface area contributed by atoms with Gasteiger partial charge >= 0.3 is 5.76 Å². The van der Waals surface area contributed by atoms with Gasteiger partial charge in [-0.25, -0.2) is 13.6 Å². The predicted octanol–water partition coefficient (Wildman–Crippen LogP) is 2.52. The van der Waals surface area contributed by atoms with Crippen molar-refractivity contribution in [2.24, 2.45) is 0 Å². The van der Waals surface area contributed by atoms with Gasteiger partial charge < -0.3 is 14.3 Å². The fourth-order valence-electron chi connectivity index (χ4n) is 2.29. The number of methoxy groups -OCH3 is 1. The third kappa shape index (κ3) is 3.58. The second-order valence-electron chi connectivity index (χ2n) is 5.27. The van der Waals surface area contributed by atoms with Crippen molar-refractivity contribution in [2.75, 3.05) is 7.11 Å². The Hall–Kier alpha value is -3.00. The lowest BCUT2D eigenvalue weighted by atomic mass is 10.1. The smallest absolute Gasteiger partial charge is 0.437 e. The molecule has 0 aliphatic carbocycles. The highest BCUT2D eigenvalue weighted by Gasteiger charge is 2.16. The molecule has 1 atom stereocenters. The Morgan fingerprint density at radius 1 is 1.24 bits per heavy atom. The maximum atomic E-state index is 13.7. The van der Waals surface area contributed by atoms with Gasteiger partial charge in [-0.2, -0.15) is 4.68 Å². The molecule has 0 spiro atoms. The molecule has 130 valence electrons. The van der Waals surface area contributed by atoms with Crippen molar-refractivity contribution in [1.29, 1.82) is 0 Å². The zero-order chi connectivity index (χ0) is 18.0. The van der Waals surface area contributed by atoms with Gasteiger partial charge in [-0.3, -0.25) is 0 Å². The van der Waals surface area contributed by atoms with Crippen LogP contribution in [-0.4, -0.2) is 22.0 Å². The molecule has 1 unspecified atom stereocenters. The largest absolute Gasteiger partial charge is 0.494 e. The molecule has 25 heavy (non-hydrogen) atoms. The number of aliphatic hydroxyl groups is 1. The van der Waals surface area contributed by atoms with E-state index in [1.807, 2.05) is 0 Å². The number of hydrogen-bond acceptors (Lipinski definition) is 5. The average molecular weight is 348 g/mol. The molecule has 1 heterocycles. The van der Waals surface area contributed by atoms with Gasteiger partial charge in [0.25, 0.3) is 0 Å². The Morgan fingerprint density at radius 2 is 1.96 bits per heavy atom. The molecule has 6 nitrogen and oxygen atoms in total. The monoisotopic (exact) mass is 348 g/mol. The topological polar surface area (TPSA) is 77.5 Å². The van der Waals surface area contributed by atoms with Crippen LogP contribution in [0, 0.1) is 11.6 Å². The maximum Gasteiger partial charge on any atom is 0.437 e. The number of benzene rings is 2. The van der Waals surface area contributed by atoms with Crippen LogP contribution < -0.4 is 10.5 Å². The van der Waals surface area contributed by atoms with Crippen LogP contribution in [0.1, 0.15) is 11.7 Å². The molecule has 3 aromatic rings. The Bertz CT molecular complexity index is 935. The molecular weight excluding hydrogens is 334 g/mol. The summed E-state index contributed by atoms with van der Waals surface area (Å²) >= 11 is 0. The summed E-state index contributed by atoms with van der Waals surface area (Å²) in [6.07, 6.45) is -1.18. The van der Waals surface area contributed by atoms with Crippen molar-refractivity contribution >= 4 is 0 Å². The molecule has 0 bridgehead atoms. The first-order valence-corrected chi connectivity index (χ1v) is 7.33. The lowest BCUT2D eigenvalue weighted by Gasteiger charge is -2.11. The van der Waals surface area contributed by atoms with Gasteiger partial charge in [0.05, 0.1) is 19.8 Å². The van der Waals surface area contributed by atoms with E-state index in [-0.39, 0.29) is 23.7 Å². The van der Waals surface area contributed by atoms with Crippen LogP contribution in [-0.2, 0) is 6.54 Å². The van der Waals surface area contributed by atoms with Gasteiger partial charge in [0.2, 0.25) is 5.89 Å². The number of aromatic nitrogens is 2. The van der Waals surface area contributed by atoms with Crippen molar-refractivity contribution in [3.63, 3.8) is 0 Å². The minimum absolute atomic E-state index is 0.00175. The Morgan fingerprint density at radius 3 is 2.60 bits per heavy atom. The number of aliphatic hydroxyl groups excluding tert-OH is 1. The van der Waals surface area contributed by atoms with Crippen molar-refractivity contribution in [2.45, 2.75) is 12.6 Å². The first-order valence-electron chi connectivity index (χ1n) is 7.33. The molecule has 0 amide bonds. The van der Waals surface area contributed by atoms with Crippen LogP contribution in [0.25, 0.3) is 11.5 Å². The highest BCUT2D eigenvalue weighted by molar-refractivity contribution is 5.51. The van der Waals surface area contributed by atoms with Crippen molar-refractivity contribution in [1.82, 2.24) is 9.78 Å². The number of rotatable bonds is 5. The normalized spacial score (nSPS) is 12.2. The van der Waals surface area contributed by atoms with E-state index in [0.717, 1.165) is 10.7 Å². The summed E-state index contributed by atoms with van der Waals surface area (Å²) in [4.78, 5) is 11.9. The third-order valence-electron chi connectivity index (χ3n) is 3.60. The lowest BCUT2D eigenvalue weighted by molar-refractivity contribution is 0.148. The van der Waals surface area contributed by atoms with Gasteiger partial charge in [-0.15, -0.1) is 5.10 Å². The number of nitrogens with zero attached hydrogens (tertiary/aromatic N) is 2. The SMILES string of the molecule is COc1ccc(C(O)Cn2nc(-c3ccc(F)cc3)oc2=O)cc1F. The molecule has 8 heteroatoms. The fraction of sp³-hybridized carbons (Fsp3) is 0.176. The molecule has 2 aromatic carbocycles. The molecular formula is C17H14F2N2O4. The van der Waals surface area contributed by atoms with Crippen LogP contribution in [0.3, 0.4) is 0 Å². The van der Waals surface area contributed by atoms with Crippen molar-refractivity contribution in [3.8, 4) is 17.2 Å². The molecule has 3 rings (SSSR count). The zero-order valence-electron chi connectivity index (χ0n) is 13.1. The van der Waals surface area contributed by atoms with E-state index in [4.69, 9.17) is 9.15 Å². The Balaban J connectivity index is 1.82. The summed E-state index contributed by atoms with van der Waals surface area (Å²) in [5, 5.41) is 14.2. The van der Waals surface area contributed by atoms with Gasteiger partial charge in [-0.1, -0.05) is 6.07 Å². The second kappa shape index (κ2) is 6.86. The molecule has 0 fully saturated rings. The molecule has 0 saturated carbocycles. The average Bonchev–Trinajstić information content (AvgIpc) is 2.96. The summed E-state index contributed by atoms with van der Waals surface area (Å²) in [6, 6.07) is 9.24. The van der Waals surface area contributed by atoms with E-state index >= 15 is 0 Å². The summed E-state index contributed by atoms with van der Waals surface area (Å²) in [5.41, 5.74) is 0.679. The molecule has 0 radical (unpaired) electrons. The molecule has 0 aliphatic rings.